The van der Waals surface area contributed by atoms with Crippen LogP contribution in [-0.4, -0.2) is 18.2 Å². The molecule has 0 spiro atoms. The molecule has 1 heterocycles. The van der Waals surface area contributed by atoms with Gasteiger partial charge >= 0.3 is 0 Å². The summed E-state index contributed by atoms with van der Waals surface area (Å²) in [4.78, 5) is 26.5. The number of amides is 1. The summed E-state index contributed by atoms with van der Waals surface area (Å²) in [5.74, 6) is 0.298. The molecule has 3 nitrogen and oxygen atoms in total. The van der Waals surface area contributed by atoms with Crippen LogP contribution in [0.5, 0.6) is 0 Å². The Morgan fingerprint density at radius 3 is 2.47 bits per heavy atom. The third kappa shape index (κ3) is 4.31. The first-order chi connectivity index (χ1) is 14.5. The third-order valence-electron chi connectivity index (χ3n) is 5.65. The molecule has 152 valence electrons. The van der Waals surface area contributed by atoms with Crippen molar-refractivity contribution in [2.45, 2.75) is 32.6 Å². The van der Waals surface area contributed by atoms with Crippen LogP contribution in [0.1, 0.15) is 41.3 Å². The van der Waals surface area contributed by atoms with E-state index in [0.717, 1.165) is 40.9 Å². The lowest BCUT2D eigenvalue weighted by molar-refractivity contribution is -0.118. The largest absolute Gasteiger partial charge is 0.312 e. The van der Waals surface area contributed by atoms with E-state index in [2.05, 4.69) is 12.1 Å². The summed E-state index contributed by atoms with van der Waals surface area (Å²) in [6, 6.07) is 21.7. The molecular formula is C26H24ClNO2. The van der Waals surface area contributed by atoms with Crippen LogP contribution in [0.4, 0.5) is 5.69 Å². The molecule has 1 aliphatic rings. The molecule has 0 unspecified atom stereocenters. The number of fused-ring (bicyclic) bond motifs is 1. The highest BCUT2D eigenvalue weighted by Crippen LogP contribution is 2.33. The maximum absolute atomic E-state index is 12.6. The van der Waals surface area contributed by atoms with Gasteiger partial charge < -0.3 is 4.90 Å². The molecule has 0 radical (unpaired) electrons. The molecule has 1 aliphatic heterocycles. The van der Waals surface area contributed by atoms with Gasteiger partial charge in [-0.3, -0.25) is 9.59 Å². The first-order valence-corrected chi connectivity index (χ1v) is 10.7. The molecule has 0 saturated carbocycles. The number of carbonyl (C=O) groups excluding carboxylic acids is 2. The van der Waals surface area contributed by atoms with Crippen LogP contribution >= 0.6 is 11.6 Å². The van der Waals surface area contributed by atoms with Gasteiger partial charge in [0.25, 0.3) is 0 Å². The number of Topliss-reactive ketones (excluding diaryl/α,β-unsaturated/α-hetero) is 1. The molecule has 0 aromatic heterocycles. The lowest BCUT2D eigenvalue weighted by Gasteiger charge is -2.16. The zero-order valence-corrected chi connectivity index (χ0v) is 17.8. The van der Waals surface area contributed by atoms with Gasteiger partial charge in [0, 0.05) is 35.7 Å². The Morgan fingerprint density at radius 1 is 0.967 bits per heavy atom. The Labute approximate surface area is 182 Å². The van der Waals surface area contributed by atoms with Crippen molar-refractivity contribution in [3.8, 4) is 11.1 Å². The number of nitrogens with zero attached hydrogens (tertiary/aromatic N) is 1. The quantitative estimate of drug-likeness (QED) is 0.453. The molecule has 1 amide bonds. The number of ketones is 1. The maximum atomic E-state index is 12.6. The van der Waals surface area contributed by atoms with Gasteiger partial charge in [0.15, 0.2) is 5.78 Å². The van der Waals surface area contributed by atoms with Crippen molar-refractivity contribution in [3.05, 3.63) is 88.4 Å². The van der Waals surface area contributed by atoms with Crippen molar-refractivity contribution in [3.63, 3.8) is 0 Å². The fourth-order valence-electron chi connectivity index (χ4n) is 3.97. The zero-order valence-electron chi connectivity index (χ0n) is 17.0. The summed E-state index contributed by atoms with van der Waals surface area (Å²) in [6.45, 7) is 2.65. The summed E-state index contributed by atoms with van der Waals surface area (Å²) in [5.41, 5.74) is 6.21. The number of halogens is 1. The summed E-state index contributed by atoms with van der Waals surface area (Å²) < 4.78 is 0. The van der Waals surface area contributed by atoms with E-state index in [0.29, 0.717) is 24.3 Å². The van der Waals surface area contributed by atoms with Crippen molar-refractivity contribution in [1.82, 2.24) is 0 Å². The van der Waals surface area contributed by atoms with E-state index in [9.17, 15) is 9.59 Å². The standard InChI is InChI=1S/C26H24ClNO2/c1-2-26(30)28-15-14-22-17-21(11-12-24(22)28)19-7-9-20(10-8-19)25(29)13-6-18-4-3-5-23(27)16-18/h3-5,7-12,16-17H,2,6,13-15H2,1H3. The Bertz CT molecular complexity index is 1090. The lowest BCUT2D eigenvalue weighted by Crippen LogP contribution is -2.27. The van der Waals surface area contributed by atoms with Crippen molar-refractivity contribution in [1.29, 1.82) is 0 Å². The van der Waals surface area contributed by atoms with Crippen LogP contribution in [0, 0.1) is 0 Å². The highest BCUT2D eigenvalue weighted by molar-refractivity contribution is 6.30. The van der Waals surface area contributed by atoms with Crippen LogP contribution in [0.15, 0.2) is 66.7 Å². The number of carbonyl (C=O) groups is 2. The van der Waals surface area contributed by atoms with Crippen molar-refractivity contribution in [2.75, 3.05) is 11.4 Å². The topological polar surface area (TPSA) is 37.4 Å². The third-order valence-corrected chi connectivity index (χ3v) is 5.88. The molecule has 0 fully saturated rings. The first-order valence-electron chi connectivity index (χ1n) is 10.4. The fraction of sp³-hybridized carbons (Fsp3) is 0.231. The Balaban J connectivity index is 1.45. The minimum Gasteiger partial charge on any atom is -0.312 e. The van der Waals surface area contributed by atoms with Crippen LogP contribution < -0.4 is 4.90 Å². The molecule has 4 heteroatoms. The van der Waals surface area contributed by atoms with Gasteiger partial charge in [-0.1, -0.05) is 61.0 Å². The predicted molar refractivity (Wildman–Crippen MR) is 122 cm³/mol. The first kappa shape index (κ1) is 20.4. The number of hydrogen-bond acceptors (Lipinski definition) is 2. The van der Waals surface area contributed by atoms with Crippen LogP contribution in [0.2, 0.25) is 5.02 Å². The van der Waals surface area contributed by atoms with Gasteiger partial charge in [-0.05, 0) is 59.4 Å². The van der Waals surface area contributed by atoms with Gasteiger partial charge in [0.2, 0.25) is 5.91 Å². The zero-order chi connectivity index (χ0) is 21.1. The molecular weight excluding hydrogens is 394 g/mol. The maximum Gasteiger partial charge on any atom is 0.226 e. The number of anilines is 1. The monoisotopic (exact) mass is 417 g/mol. The molecule has 30 heavy (non-hydrogen) atoms. The van der Waals surface area contributed by atoms with Crippen LogP contribution in [0.25, 0.3) is 11.1 Å². The molecule has 0 bridgehead atoms. The van der Waals surface area contributed by atoms with E-state index in [1.54, 1.807) is 0 Å². The van der Waals surface area contributed by atoms with Gasteiger partial charge in [0.05, 0.1) is 0 Å². The SMILES string of the molecule is CCC(=O)N1CCc2cc(-c3ccc(C(=O)CCc4cccc(Cl)c4)cc3)ccc21. The van der Waals surface area contributed by atoms with Gasteiger partial charge in [-0.15, -0.1) is 0 Å². The normalized spacial score (nSPS) is 12.7. The highest BCUT2D eigenvalue weighted by atomic mass is 35.5. The Morgan fingerprint density at radius 2 is 1.73 bits per heavy atom. The molecule has 0 N–H and O–H groups in total. The molecule has 0 saturated heterocycles. The average Bonchev–Trinajstić information content (AvgIpc) is 3.20. The smallest absolute Gasteiger partial charge is 0.226 e. The molecule has 4 rings (SSSR count). The second kappa shape index (κ2) is 8.85. The van der Waals surface area contributed by atoms with E-state index in [1.807, 2.05) is 66.4 Å². The molecule has 0 aliphatic carbocycles. The van der Waals surface area contributed by atoms with Gasteiger partial charge in [-0.25, -0.2) is 0 Å². The Kier molecular flexibility index (Phi) is 6.01. The average molecular weight is 418 g/mol. The second-order valence-corrected chi connectivity index (χ2v) is 8.06. The van der Waals surface area contributed by atoms with E-state index >= 15 is 0 Å². The number of benzene rings is 3. The number of aryl methyl sites for hydroxylation is 1. The summed E-state index contributed by atoms with van der Waals surface area (Å²) in [6.07, 6.45) is 2.54. The van der Waals surface area contributed by atoms with Crippen molar-refractivity contribution < 1.29 is 9.59 Å². The van der Waals surface area contributed by atoms with E-state index < -0.39 is 0 Å². The summed E-state index contributed by atoms with van der Waals surface area (Å²) in [5, 5.41) is 0.695. The minimum absolute atomic E-state index is 0.129. The van der Waals surface area contributed by atoms with E-state index in [4.69, 9.17) is 11.6 Å². The minimum atomic E-state index is 0.129. The molecule has 3 aromatic carbocycles. The van der Waals surface area contributed by atoms with Crippen molar-refractivity contribution in [2.24, 2.45) is 0 Å². The molecule has 3 aromatic rings. The van der Waals surface area contributed by atoms with Crippen LogP contribution in [-0.2, 0) is 17.6 Å². The highest BCUT2D eigenvalue weighted by Gasteiger charge is 2.23. The van der Waals surface area contributed by atoms with Gasteiger partial charge in [-0.2, -0.15) is 0 Å². The fourth-order valence-corrected chi connectivity index (χ4v) is 4.19. The number of hydrogen-bond donors (Lipinski definition) is 0. The van der Waals surface area contributed by atoms with E-state index in [-0.39, 0.29) is 11.7 Å². The van der Waals surface area contributed by atoms with E-state index in [1.165, 1.54) is 5.56 Å². The van der Waals surface area contributed by atoms with Crippen LogP contribution in [0.3, 0.4) is 0 Å². The van der Waals surface area contributed by atoms with Gasteiger partial charge in [0.1, 0.15) is 0 Å². The second-order valence-electron chi connectivity index (χ2n) is 7.62. The summed E-state index contributed by atoms with van der Waals surface area (Å²) in [7, 11) is 0. The summed E-state index contributed by atoms with van der Waals surface area (Å²) >= 11 is 6.01. The number of rotatable bonds is 6. The van der Waals surface area contributed by atoms with Crippen molar-refractivity contribution >= 4 is 29.0 Å². The Hall–Kier alpha value is -2.91. The predicted octanol–water partition coefficient (Wildman–Crippen LogP) is 6.12. The molecule has 0 atom stereocenters. The lowest BCUT2D eigenvalue weighted by atomic mass is 9.98.